The zero-order chi connectivity index (χ0) is 14.1. The van der Waals surface area contributed by atoms with Gasteiger partial charge >= 0.3 is 0 Å². The number of imidazole rings is 1. The van der Waals surface area contributed by atoms with E-state index in [9.17, 15) is 4.79 Å². The predicted octanol–water partition coefficient (Wildman–Crippen LogP) is 1.17. The molecular weight excluding hydrogens is 254 g/mol. The SMILES string of the molecule is CC(C)c1nc2c(c(=O)[nH]1)CN(Cc1ncc[nH]1)CC2. The van der Waals surface area contributed by atoms with Crippen molar-refractivity contribution >= 4 is 0 Å². The van der Waals surface area contributed by atoms with Crippen LogP contribution in [0.1, 0.15) is 42.7 Å². The Bertz CT molecular complexity index is 644. The van der Waals surface area contributed by atoms with E-state index in [2.05, 4.69) is 24.8 Å². The van der Waals surface area contributed by atoms with Gasteiger partial charge < -0.3 is 9.97 Å². The van der Waals surface area contributed by atoms with E-state index < -0.39 is 0 Å². The van der Waals surface area contributed by atoms with Gasteiger partial charge in [-0.15, -0.1) is 0 Å². The van der Waals surface area contributed by atoms with Crippen molar-refractivity contribution in [2.24, 2.45) is 0 Å². The molecular formula is C14H19N5O. The lowest BCUT2D eigenvalue weighted by atomic mass is 10.1. The van der Waals surface area contributed by atoms with E-state index in [1.54, 1.807) is 6.20 Å². The van der Waals surface area contributed by atoms with Crippen LogP contribution in [0.3, 0.4) is 0 Å². The van der Waals surface area contributed by atoms with Crippen molar-refractivity contribution in [3.8, 4) is 0 Å². The summed E-state index contributed by atoms with van der Waals surface area (Å²) in [5, 5.41) is 0. The van der Waals surface area contributed by atoms with Crippen LogP contribution in [0.5, 0.6) is 0 Å². The molecule has 2 aromatic rings. The summed E-state index contributed by atoms with van der Waals surface area (Å²) in [5.41, 5.74) is 1.75. The first-order valence-corrected chi connectivity index (χ1v) is 6.96. The van der Waals surface area contributed by atoms with E-state index in [-0.39, 0.29) is 11.5 Å². The van der Waals surface area contributed by atoms with Gasteiger partial charge in [0, 0.05) is 37.8 Å². The summed E-state index contributed by atoms with van der Waals surface area (Å²) in [5.74, 6) is 1.96. The minimum atomic E-state index is 0.00263. The summed E-state index contributed by atoms with van der Waals surface area (Å²) >= 11 is 0. The molecule has 6 nitrogen and oxygen atoms in total. The minimum absolute atomic E-state index is 0.00263. The van der Waals surface area contributed by atoms with Crippen LogP contribution in [-0.2, 0) is 19.5 Å². The van der Waals surface area contributed by atoms with E-state index in [4.69, 9.17) is 0 Å². The maximum atomic E-state index is 12.2. The molecule has 1 aliphatic rings. The Morgan fingerprint density at radius 2 is 2.30 bits per heavy atom. The van der Waals surface area contributed by atoms with Gasteiger partial charge in [0.15, 0.2) is 0 Å². The number of nitrogens with zero attached hydrogens (tertiary/aromatic N) is 3. The van der Waals surface area contributed by atoms with Crippen LogP contribution in [0.2, 0.25) is 0 Å². The number of nitrogens with one attached hydrogen (secondary N) is 2. The summed E-state index contributed by atoms with van der Waals surface area (Å²) in [6, 6.07) is 0. The summed E-state index contributed by atoms with van der Waals surface area (Å²) < 4.78 is 0. The van der Waals surface area contributed by atoms with E-state index in [0.717, 1.165) is 42.4 Å². The highest BCUT2D eigenvalue weighted by molar-refractivity contribution is 5.21. The van der Waals surface area contributed by atoms with Crippen LogP contribution >= 0.6 is 0 Å². The normalized spacial score (nSPS) is 15.6. The molecule has 106 valence electrons. The fourth-order valence-corrected chi connectivity index (χ4v) is 2.50. The number of rotatable bonds is 3. The highest BCUT2D eigenvalue weighted by Gasteiger charge is 2.22. The Morgan fingerprint density at radius 1 is 1.45 bits per heavy atom. The number of hydrogen-bond acceptors (Lipinski definition) is 4. The van der Waals surface area contributed by atoms with Gasteiger partial charge in [-0.3, -0.25) is 9.69 Å². The lowest BCUT2D eigenvalue weighted by Gasteiger charge is -2.27. The first-order chi connectivity index (χ1) is 9.63. The number of aromatic nitrogens is 4. The largest absolute Gasteiger partial charge is 0.348 e. The Balaban J connectivity index is 1.83. The Hall–Kier alpha value is -1.95. The fraction of sp³-hybridized carbons (Fsp3) is 0.500. The third-order valence-corrected chi connectivity index (χ3v) is 3.64. The van der Waals surface area contributed by atoms with Gasteiger partial charge in [0.05, 0.1) is 17.8 Å². The van der Waals surface area contributed by atoms with Crippen LogP contribution in [0.25, 0.3) is 0 Å². The average Bonchev–Trinajstić information content (AvgIpc) is 2.92. The van der Waals surface area contributed by atoms with E-state index in [0.29, 0.717) is 6.54 Å². The monoisotopic (exact) mass is 273 g/mol. The molecule has 0 fully saturated rings. The topological polar surface area (TPSA) is 77.7 Å². The molecule has 3 rings (SSSR count). The standard InChI is InChI=1S/C14H19N5O/c1-9(2)13-17-11-3-6-19(7-10(11)14(20)18-13)8-12-15-4-5-16-12/h4-5,9H,3,6-8H2,1-2H3,(H,15,16)(H,17,18,20). The molecule has 0 aliphatic carbocycles. The summed E-state index contributed by atoms with van der Waals surface area (Å²) in [6.45, 7) is 6.35. The second-order valence-corrected chi connectivity index (χ2v) is 5.53. The van der Waals surface area contributed by atoms with Gasteiger partial charge in [-0.2, -0.15) is 0 Å². The molecule has 6 heteroatoms. The number of hydrogen-bond donors (Lipinski definition) is 2. The minimum Gasteiger partial charge on any atom is -0.348 e. The maximum Gasteiger partial charge on any atom is 0.255 e. The molecule has 3 heterocycles. The van der Waals surface area contributed by atoms with Crippen LogP contribution in [-0.4, -0.2) is 31.4 Å². The molecule has 0 spiro atoms. The molecule has 0 saturated heterocycles. The molecule has 0 aromatic carbocycles. The average molecular weight is 273 g/mol. The summed E-state index contributed by atoms with van der Waals surface area (Å²) in [6.07, 6.45) is 4.38. The lowest BCUT2D eigenvalue weighted by molar-refractivity contribution is 0.236. The van der Waals surface area contributed by atoms with Crippen molar-refractivity contribution in [3.63, 3.8) is 0 Å². The fourth-order valence-electron chi connectivity index (χ4n) is 2.50. The number of aromatic amines is 2. The zero-order valence-electron chi connectivity index (χ0n) is 11.8. The third-order valence-electron chi connectivity index (χ3n) is 3.64. The van der Waals surface area contributed by atoms with Crippen molar-refractivity contribution in [2.75, 3.05) is 6.54 Å². The van der Waals surface area contributed by atoms with Crippen molar-refractivity contribution in [3.05, 3.63) is 45.7 Å². The molecule has 0 unspecified atom stereocenters. The summed E-state index contributed by atoms with van der Waals surface area (Å²) in [7, 11) is 0. The van der Waals surface area contributed by atoms with Crippen LogP contribution in [0.15, 0.2) is 17.2 Å². The van der Waals surface area contributed by atoms with Gasteiger partial charge in [0.2, 0.25) is 0 Å². The second kappa shape index (κ2) is 5.20. The molecule has 20 heavy (non-hydrogen) atoms. The van der Waals surface area contributed by atoms with E-state index in [1.807, 2.05) is 20.0 Å². The molecule has 0 saturated carbocycles. The molecule has 2 aromatic heterocycles. The van der Waals surface area contributed by atoms with Gasteiger partial charge in [-0.1, -0.05) is 13.8 Å². The highest BCUT2D eigenvalue weighted by Crippen LogP contribution is 2.17. The van der Waals surface area contributed by atoms with Gasteiger partial charge in [0.25, 0.3) is 5.56 Å². The van der Waals surface area contributed by atoms with Crippen LogP contribution in [0.4, 0.5) is 0 Å². The molecule has 2 N–H and O–H groups in total. The number of fused-ring (bicyclic) bond motifs is 1. The third kappa shape index (κ3) is 2.51. The molecule has 0 radical (unpaired) electrons. The molecule has 0 amide bonds. The quantitative estimate of drug-likeness (QED) is 0.880. The Labute approximate surface area is 117 Å². The van der Waals surface area contributed by atoms with Crippen molar-refractivity contribution < 1.29 is 0 Å². The maximum absolute atomic E-state index is 12.2. The van der Waals surface area contributed by atoms with Gasteiger partial charge in [-0.05, 0) is 0 Å². The Kier molecular flexibility index (Phi) is 3.40. The van der Waals surface area contributed by atoms with Gasteiger partial charge in [-0.25, -0.2) is 9.97 Å². The zero-order valence-corrected chi connectivity index (χ0v) is 11.8. The Morgan fingerprint density at radius 3 is 3.00 bits per heavy atom. The first kappa shape index (κ1) is 13.1. The predicted molar refractivity (Wildman–Crippen MR) is 75.4 cm³/mol. The summed E-state index contributed by atoms with van der Waals surface area (Å²) in [4.78, 5) is 29.2. The van der Waals surface area contributed by atoms with E-state index >= 15 is 0 Å². The lowest BCUT2D eigenvalue weighted by Crippen LogP contribution is -2.36. The van der Waals surface area contributed by atoms with Crippen LogP contribution < -0.4 is 5.56 Å². The molecule has 0 atom stereocenters. The highest BCUT2D eigenvalue weighted by atomic mass is 16.1. The smallest absolute Gasteiger partial charge is 0.255 e. The first-order valence-electron chi connectivity index (χ1n) is 6.96. The van der Waals surface area contributed by atoms with E-state index in [1.165, 1.54) is 0 Å². The van der Waals surface area contributed by atoms with Crippen molar-refractivity contribution in [2.45, 2.75) is 39.3 Å². The van der Waals surface area contributed by atoms with Gasteiger partial charge in [0.1, 0.15) is 11.6 Å². The van der Waals surface area contributed by atoms with Crippen LogP contribution in [0, 0.1) is 0 Å². The van der Waals surface area contributed by atoms with Crippen molar-refractivity contribution in [1.82, 2.24) is 24.8 Å². The number of H-pyrrole nitrogens is 2. The second-order valence-electron chi connectivity index (χ2n) is 5.53. The molecule has 0 bridgehead atoms. The molecule has 1 aliphatic heterocycles. The van der Waals surface area contributed by atoms with Crippen molar-refractivity contribution in [1.29, 1.82) is 0 Å².